The van der Waals surface area contributed by atoms with Gasteiger partial charge in [-0.2, -0.15) is 5.10 Å². The van der Waals surface area contributed by atoms with Gasteiger partial charge in [-0.25, -0.2) is 0 Å². The second kappa shape index (κ2) is 5.58. The minimum atomic E-state index is 0.670. The molecule has 1 N–H and O–H groups in total. The lowest BCUT2D eigenvalue weighted by molar-refractivity contribution is 0.341. The lowest BCUT2D eigenvalue weighted by Gasteiger charge is -2.13. The van der Waals surface area contributed by atoms with Crippen molar-refractivity contribution in [2.24, 2.45) is 7.05 Å². The quantitative estimate of drug-likeness (QED) is 0.880. The van der Waals surface area contributed by atoms with Gasteiger partial charge in [0.1, 0.15) is 5.75 Å². The van der Waals surface area contributed by atoms with Crippen molar-refractivity contribution in [2.45, 2.75) is 20.4 Å². The highest BCUT2D eigenvalue weighted by Crippen LogP contribution is 2.26. The van der Waals surface area contributed by atoms with Gasteiger partial charge in [-0.05, 0) is 37.6 Å². The number of aryl methyl sites for hydroxylation is 2. The smallest absolute Gasteiger partial charge is 0.142 e. The van der Waals surface area contributed by atoms with Gasteiger partial charge in [0.05, 0.1) is 24.5 Å². The van der Waals surface area contributed by atoms with E-state index in [4.69, 9.17) is 4.74 Å². The minimum Gasteiger partial charge on any atom is -0.492 e. The molecule has 1 heterocycles. The summed E-state index contributed by atoms with van der Waals surface area (Å²) in [6, 6.07) is 8.18. The van der Waals surface area contributed by atoms with E-state index in [1.807, 2.05) is 24.7 Å². The van der Waals surface area contributed by atoms with Crippen LogP contribution in [0.3, 0.4) is 0 Å². The largest absolute Gasteiger partial charge is 0.492 e. The number of hydrogen-bond acceptors (Lipinski definition) is 3. The maximum atomic E-state index is 5.63. The molecule has 0 unspecified atom stereocenters. The van der Waals surface area contributed by atoms with E-state index in [0.29, 0.717) is 6.61 Å². The Morgan fingerprint density at radius 3 is 2.83 bits per heavy atom. The number of nitrogens with zero attached hydrogens (tertiary/aromatic N) is 2. The van der Waals surface area contributed by atoms with Crippen LogP contribution in [0.25, 0.3) is 0 Å². The molecule has 0 spiro atoms. The molecule has 0 aliphatic heterocycles. The Labute approximate surface area is 108 Å². The summed E-state index contributed by atoms with van der Waals surface area (Å²) in [6.45, 7) is 5.46. The Balaban J connectivity index is 2.11. The fraction of sp³-hybridized carbons (Fsp3) is 0.357. The van der Waals surface area contributed by atoms with Crippen molar-refractivity contribution in [3.8, 4) is 5.75 Å². The first-order chi connectivity index (χ1) is 8.70. The molecule has 0 saturated heterocycles. The van der Waals surface area contributed by atoms with Crippen molar-refractivity contribution < 1.29 is 4.74 Å². The van der Waals surface area contributed by atoms with E-state index < -0.39 is 0 Å². The zero-order valence-electron chi connectivity index (χ0n) is 11.1. The minimum absolute atomic E-state index is 0.670. The van der Waals surface area contributed by atoms with Gasteiger partial charge in [0.25, 0.3) is 0 Å². The fourth-order valence-electron chi connectivity index (χ4n) is 1.81. The molecule has 0 radical (unpaired) electrons. The number of nitrogens with one attached hydrogen (secondary N) is 1. The van der Waals surface area contributed by atoms with Gasteiger partial charge in [0.15, 0.2) is 0 Å². The van der Waals surface area contributed by atoms with E-state index in [0.717, 1.165) is 23.7 Å². The molecule has 4 nitrogen and oxygen atoms in total. The van der Waals surface area contributed by atoms with Crippen molar-refractivity contribution in [1.82, 2.24) is 9.78 Å². The average Bonchev–Trinajstić information content (AvgIpc) is 2.74. The van der Waals surface area contributed by atoms with Crippen LogP contribution in [0, 0.1) is 6.92 Å². The molecule has 0 amide bonds. The summed E-state index contributed by atoms with van der Waals surface area (Å²) in [6.07, 6.45) is 1.80. The third-order valence-corrected chi connectivity index (χ3v) is 2.82. The van der Waals surface area contributed by atoms with Gasteiger partial charge in [0, 0.05) is 13.2 Å². The van der Waals surface area contributed by atoms with E-state index in [2.05, 4.69) is 35.5 Å². The molecule has 96 valence electrons. The number of hydrogen-bond donors (Lipinski definition) is 1. The van der Waals surface area contributed by atoms with E-state index >= 15 is 0 Å². The summed E-state index contributed by atoms with van der Waals surface area (Å²) in [7, 11) is 1.94. The zero-order chi connectivity index (χ0) is 13.0. The van der Waals surface area contributed by atoms with Crippen LogP contribution in [-0.4, -0.2) is 16.4 Å². The van der Waals surface area contributed by atoms with Crippen LogP contribution in [0.5, 0.6) is 5.75 Å². The molecular formula is C14H19N3O. The number of anilines is 1. The monoisotopic (exact) mass is 245 g/mol. The Morgan fingerprint density at radius 1 is 1.33 bits per heavy atom. The van der Waals surface area contributed by atoms with Crippen LogP contribution in [0.1, 0.15) is 18.2 Å². The molecule has 0 aliphatic carbocycles. The summed E-state index contributed by atoms with van der Waals surface area (Å²) in [5.41, 5.74) is 3.35. The lowest BCUT2D eigenvalue weighted by atomic mass is 10.2. The average molecular weight is 245 g/mol. The van der Waals surface area contributed by atoms with Gasteiger partial charge in [-0.1, -0.05) is 6.07 Å². The first-order valence-corrected chi connectivity index (χ1v) is 6.15. The van der Waals surface area contributed by atoms with Crippen molar-refractivity contribution in [3.63, 3.8) is 0 Å². The first-order valence-electron chi connectivity index (χ1n) is 6.15. The topological polar surface area (TPSA) is 39.1 Å². The molecule has 1 aromatic carbocycles. The van der Waals surface area contributed by atoms with Crippen molar-refractivity contribution in [2.75, 3.05) is 11.9 Å². The highest BCUT2D eigenvalue weighted by molar-refractivity contribution is 5.57. The number of benzene rings is 1. The number of ether oxygens (including phenoxy) is 1. The van der Waals surface area contributed by atoms with Crippen LogP contribution < -0.4 is 10.1 Å². The SMILES string of the molecule is CCOc1cc(C)ccc1NCc1ccnn1C. The van der Waals surface area contributed by atoms with E-state index in [1.54, 1.807) is 6.20 Å². The highest BCUT2D eigenvalue weighted by Gasteiger charge is 2.04. The Hall–Kier alpha value is -1.97. The van der Waals surface area contributed by atoms with Crippen LogP contribution in [0.2, 0.25) is 0 Å². The molecule has 4 heteroatoms. The van der Waals surface area contributed by atoms with Crippen molar-refractivity contribution in [1.29, 1.82) is 0 Å². The molecule has 0 bridgehead atoms. The maximum absolute atomic E-state index is 5.63. The Bertz CT molecular complexity index is 520. The Morgan fingerprint density at radius 2 is 2.17 bits per heavy atom. The standard InChI is InChI=1S/C14H19N3O/c1-4-18-14-9-11(2)5-6-13(14)15-10-12-7-8-16-17(12)3/h5-9,15H,4,10H2,1-3H3. The van der Waals surface area contributed by atoms with Gasteiger partial charge >= 0.3 is 0 Å². The van der Waals surface area contributed by atoms with Crippen LogP contribution in [-0.2, 0) is 13.6 Å². The predicted molar refractivity (Wildman–Crippen MR) is 72.9 cm³/mol. The normalized spacial score (nSPS) is 10.4. The first kappa shape index (κ1) is 12.5. The molecule has 1 aromatic heterocycles. The highest BCUT2D eigenvalue weighted by atomic mass is 16.5. The Kier molecular flexibility index (Phi) is 3.87. The summed E-state index contributed by atoms with van der Waals surface area (Å²) < 4.78 is 7.50. The summed E-state index contributed by atoms with van der Waals surface area (Å²) in [5, 5.41) is 7.53. The predicted octanol–water partition coefficient (Wildman–Crippen LogP) is 2.74. The van der Waals surface area contributed by atoms with Crippen molar-refractivity contribution in [3.05, 3.63) is 41.7 Å². The number of rotatable bonds is 5. The summed E-state index contributed by atoms with van der Waals surface area (Å²) >= 11 is 0. The zero-order valence-corrected chi connectivity index (χ0v) is 11.1. The molecule has 18 heavy (non-hydrogen) atoms. The van der Waals surface area contributed by atoms with Gasteiger partial charge < -0.3 is 10.1 Å². The van der Waals surface area contributed by atoms with Crippen LogP contribution in [0.4, 0.5) is 5.69 Å². The third-order valence-electron chi connectivity index (χ3n) is 2.82. The van der Waals surface area contributed by atoms with Gasteiger partial charge in [-0.3, -0.25) is 4.68 Å². The van der Waals surface area contributed by atoms with Gasteiger partial charge in [-0.15, -0.1) is 0 Å². The summed E-state index contributed by atoms with van der Waals surface area (Å²) in [5.74, 6) is 0.902. The molecule has 0 fully saturated rings. The molecular weight excluding hydrogens is 226 g/mol. The van der Waals surface area contributed by atoms with E-state index in [-0.39, 0.29) is 0 Å². The van der Waals surface area contributed by atoms with Crippen molar-refractivity contribution >= 4 is 5.69 Å². The molecule has 2 aromatic rings. The van der Waals surface area contributed by atoms with E-state index in [9.17, 15) is 0 Å². The fourth-order valence-corrected chi connectivity index (χ4v) is 1.81. The summed E-state index contributed by atoms with van der Waals surface area (Å²) in [4.78, 5) is 0. The maximum Gasteiger partial charge on any atom is 0.142 e. The molecule has 0 aliphatic rings. The van der Waals surface area contributed by atoms with E-state index in [1.165, 1.54) is 5.56 Å². The molecule has 2 rings (SSSR count). The molecule has 0 saturated carbocycles. The van der Waals surface area contributed by atoms with Crippen LogP contribution >= 0.6 is 0 Å². The number of aromatic nitrogens is 2. The lowest BCUT2D eigenvalue weighted by Crippen LogP contribution is -2.07. The third kappa shape index (κ3) is 2.83. The van der Waals surface area contributed by atoms with Crippen LogP contribution in [0.15, 0.2) is 30.5 Å². The second-order valence-electron chi connectivity index (χ2n) is 4.23. The molecule has 0 atom stereocenters. The second-order valence-corrected chi connectivity index (χ2v) is 4.23. The van der Waals surface area contributed by atoms with Gasteiger partial charge in [0.2, 0.25) is 0 Å².